The van der Waals surface area contributed by atoms with E-state index in [-0.39, 0.29) is 35.1 Å². The Bertz CT molecular complexity index is 2380. The van der Waals surface area contributed by atoms with Crippen molar-refractivity contribution in [3.05, 3.63) is 144 Å². The maximum absolute atomic E-state index is 13.7. The minimum Gasteiger partial charge on any atom is -0.490 e. The molecule has 3 N–H and O–H groups in total. The van der Waals surface area contributed by atoms with Crippen LogP contribution in [0.2, 0.25) is 10.1 Å². The molecule has 0 radical (unpaired) electrons. The van der Waals surface area contributed by atoms with Gasteiger partial charge in [-0.2, -0.15) is 12.7 Å². The number of nitrogens with two attached hydrogens (primary N) is 1. The lowest BCUT2D eigenvalue weighted by Crippen LogP contribution is -2.68. The molecule has 342 valence electrons. The lowest BCUT2D eigenvalue weighted by Gasteiger charge is -2.50. The molecule has 1 spiro atoms. The van der Waals surface area contributed by atoms with Gasteiger partial charge in [0.05, 0.1) is 32.1 Å². The summed E-state index contributed by atoms with van der Waals surface area (Å²) in [6.07, 6.45) is 9.02. The molecule has 4 aromatic carbocycles. The number of aliphatic hydroxyl groups is 1. The Labute approximate surface area is 386 Å². The number of esters is 1. The van der Waals surface area contributed by atoms with Crippen LogP contribution in [0.3, 0.4) is 0 Å². The molecule has 0 aromatic heterocycles. The molecule has 3 aliphatic rings. The number of allylic oxidation sites excluding steroid dienone is 1. The van der Waals surface area contributed by atoms with Crippen LogP contribution in [0.5, 0.6) is 5.75 Å². The van der Waals surface area contributed by atoms with Crippen LogP contribution in [0.15, 0.2) is 122 Å². The largest absolute Gasteiger partial charge is 0.490 e. The average Bonchev–Trinajstić information content (AvgIpc) is 3.42. The second-order valence-electron chi connectivity index (χ2n) is 18.9. The number of nitrogens with zero attached hydrogens (tertiary/aromatic N) is 2. The van der Waals surface area contributed by atoms with Gasteiger partial charge in [0.1, 0.15) is 5.75 Å². The second kappa shape index (κ2) is 19.3. The van der Waals surface area contributed by atoms with E-state index < -0.39 is 42.1 Å². The molecule has 0 amide bonds. The first-order chi connectivity index (χ1) is 30.5. The van der Waals surface area contributed by atoms with Crippen LogP contribution < -0.4 is 25.1 Å². The predicted octanol–water partition coefficient (Wildman–Crippen LogP) is 7.80. The van der Waals surface area contributed by atoms with Gasteiger partial charge in [-0.25, -0.2) is 9.93 Å². The van der Waals surface area contributed by atoms with Gasteiger partial charge < -0.3 is 23.9 Å². The van der Waals surface area contributed by atoms with Gasteiger partial charge in [0, 0.05) is 30.1 Å². The molecule has 1 saturated carbocycles. The van der Waals surface area contributed by atoms with Crippen molar-refractivity contribution in [1.82, 2.24) is 4.31 Å². The van der Waals surface area contributed by atoms with E-state index in [2.05, 4.69) is 112 Å². The fraction of sp³-hybridized carbons (Fsp3) is 0.431. The highest BCUT2D eigenvalue weighted by atomic mass is 35.5. The molecular formula is C51H64ClN3O7SSi. The number of hydrogen-bond donors (Lipinski definition) is 2. The summed E-state index contributed by atoms with van der Waals surface area (Å²) in [5, 5.41) is 21.0. The zero-order chi connectivity index (χ0) is 45.9. The highest BCUT2D eigenvalue weighted by Crippen LogP contribution is 2.49. The van der Waals surface area contributed by atoms with Crippen molar-refractivity contribution in [2.75, 3.05) is 44.8 Å². The molecule has 13 heteroatoms. The van der Waals surface area contributed by atoms with Gasteiger partial charge in [0.15, 0.2) is 0 Å². The van der Waals surface area contributed by atoms with E-state index in [0.29, 0.717) is 49.0 Å². The number of anilines is 1. The number of fused-ring (bicyclic) bond motifs is 3. The summed E-state index contributed by atoms with van der Waals surface area (Å²) in [5.74, 6) is -0.0747. The number of aryl methyl sites for hydroxylation is 1. The van der Waals surface area contributed by atoms with Crippen molar-refractivity contribution in [1.29, 1.82) is 0 Å². The quantitative estimate of drug-likeness (QED) is 0.0475. The molecule has 1 aliphatic heterocycles. The average molecular weight is 927 g/mol. The third-order valence-corrected chi connectivity index (χ3v) is 20.2. The molecule has 1 fully saturated rings. The summed E-state index contributed by atoms with van der Waals surface area (Å²) in [6, 6.07) is 32.7. The minimum absolute atomic E-state index is 0.0280. The maximum atomic E-state index is 13.7. The topological polar surface area (TPSA) is 132 Å². The molecule has 5 atom stereocenters. The Morgan fingerprint density at radius 2 is 1.73 bits per heavy atom. The maximum Gasteiger partial charge on any atom is 0.343 e. The van der Waals surface area contributed by atoms with Crippen LogP contribution in [0.1, 0.15) is 76.0 Å². The Kier molecular flexibility index (Phi) is 14.4. The number of hydrogen-bond acceptors (Lipinski definition) is 8. The van der Waals surface area contributed by atoms with Gasteiger partial charge in [-0.15, -0.1) is 13.2 Å². The van der Waals surface area contributed by atoms with Crippen LogP contribution in [0.4, 0.5) is 5.69 Å². The minimum atomic E-state index is -4.33. The van der Waals surface area contributed by atoms with E-state index in [0.717, 1.165) is 36.4 Å². The molecule has 2 unspecified atom stereocenters. The van der Waals surface area contributed by atoms with E-state index in [4.69, 9.17) is 30.6 Å². The molecule has 0 bridgehead atoms. The van der Waals surface area contributed by atoms with Crippen molar-refractivity contribution in [3.8, 4) is 5.75 Å². The number of ether oxygens (including phenoxy) is 2. The Morgan fingerprint density at radius 3 is 2.31 bits per heavy atom. The van der Waals surface area contributed by atoms with E-state index >= 15 is 0 Å². The number of methoxy groups -OCH3 is 1. The third kappa shape index (κ3) is 9.38. The van der Waals surface area contributed by atoms with Crippen LogP contribution in [0, 0.1) is 11.8 Å². The zero-order valence-electron chi connectivity index (χ0n) is 37.7. The SMILES string of the molecule is C=CCCCN(CC(O)(C(=O)OC)c1ccc2c(c1)N(C[C@@H]1CC[C@H]1C(C=C)O[Si](c1ccccc1)(c1ccccc1)C(C)(C)C)C[C@@]1(CCCc3cc(Cl)ccc31)CO2)S(N)(=O)=O. The number of benzene rings is 4. The Hall–Kier alpha value is -4.27. The number of carbonyl (C=O) groups excluding carboxylic acids is 1. The summed E-state index contributed by atoms with van der Waals surface area (Å²) in [4.78, 5) is 16.1. The molecule has 0 saturated heterocycles. The van der Waals surface area contributed by atoms with Gasteiger partial charge in [-0.1, -0.05) is 117 Å². The van der Waals surface area contributed by atoms with Crippen molar-refractivity contribution in [3.63, 3.8) is 0 Å². The first-order valence-electron chi connectivity index (χ1n) is 22.4. The number of halogens is 1. The molecule has 10 nitrogen and oxygen atoms in total. The molecular weight excluding hydrogens is 862 g/mol. The fourth-order valence-electron chi connectivity index (χ4n) is 10.5. The molecule has 1 heterocycles. The number of rotatable bonds is 17. The normalized spacial score (nSPS) is 21.3. The fourth-order valence-corrected chi connectivity index (χ4v) is 16.2. The van der Waals surface area contributed by atoms with E-state index in [9.17, 15) is 18.3 Å². The first-order valence-corrected chi connectivity index (χ1v) is 26.2. The smallest absolute Gasteiger partial charge is 0.343 e. The lowest BCUT2D eigenvalue weighted by atomic mass is 9.68. The summed E-state index contributed by atoms with van der Waals surface area (Å²) in [7, 11) is -6.09. The summed E-state index contributed by atoms with van der Waals surface area (Å²) in [6.45, 7) is 16.0. The van der Waals surface area contributed by atoms with Gasteiger partial charge in [-0.05, 0) is 113 Å². The van der Waals surface area contributed by atoms with Gasteiger partial charge >= 0.3 is 5.97 Å². The van der Waals surface area contributed by atoms with Crippen molar-refractivity contribution in [2.45, 2.75) is 87.9 Å². The van der Waals surface area contributed by atoms with Crippen LogP contribution in [0.25, 0.3) is 0 Å². The van der Waals surface area contributed by atoms with Gasteiger partial charge in [0.25, 0.3) is 18.5 Å². The second-order valence-corrected chi connectivity index (χ2v) is 25.2. The number of carbonyl (C=O) groups is 1. The Balaban J connectivity index is 1.30. The van der Waals surface area contributed by atoms with E-state index in [1.54, 1.807) is 24.3 Å². The molecule has 64 heavy (non-hydrogen) atoms. The Morgan fingerprint density at radius 1 is 1.05 bits per heavy atom. The molecule has 4 aromatic rings. The predicted molar refractivity (Wildman–Crippen MR) is 259 cm³/mol. The van der Waals surface area contributed by atoms with Crippen molar-refractivity contribution >= 4 is 52.2 Å². The molecule has 7 rings (SSSR count). The molecule has 2 aliphatic carbocycles. The zero-order valence-corrected chi connectivity index (χ0v) is 40.3. The van der Waals surface area contributed by atoms with Crippen molar-refractivity contribution in [2.24, 2.45) is 17.0 Å². The number of unbranched alkanes of at least 4 members (excludes halogenated alkanes) is 1. The van der Waals surface area contributed by atoms with Crippen molar-refractivity contribution < 1.29 is 32.2 Å². The highest BCUT2D eigenvalue weighted by molar-refractivity contribution is 7.86. The van der Waals surface area contributed by atoms with E-state index in [1.165, 1.54) is 28.6 Å². The summed E-state index contributed by atoms with van der Waals surface area (Å²) < 4.78 is 46.4. The summed E-state index contributed by atoms with van der Waals surface area (Å²) in [5.41, 5.74) is 0.485. The van der Waals surface area contributed by atoms with Crippen LogP contribution >= 0.6 is 11.6 Å². The van der Waals surface area contributed by atoms with Gasteiger partial charge in [-0.3, -0.25) is 0 Å². The van der Waals surface area contributed by atoms with Crippen LogP contribution in [-0.4, -0.2) is 78.1 Å². The monoisotopic (exact) mass is 925 g/mol. The van der Waals surface area contributed by atoms with Gasteiger partial charge in [0.2, 0.25) is 5.60 Å². The standard InChI is InChI=1S/C51H64ClN3O7SSi/c1-7-9-16-30-55(63(53,58)59)35-51(57,48(56)60-6)39-24-28-47-45(32-39)54(34-50(36-61-47)29-17-18-37-31-40(52)25-27-44(37)50)33-38-23-26-43(38)46(8-2)62-64(49(3,4)5,41-19-12-10-13-20-41)42-21-14-11-15-22-42/h7-8,10-15,19-22,24-25,27-28,31-32,38,43,46,57H,1-2,9,16-18,23,26,29-30,33-36H2,3-6H3,(H2,53,58,59)/t38-,43+,46?,50-,51?/m0/s1. The van der Waals surface area contributed by atoms with E-state index in [1.807, 2.05) is 12.1 Å². The van der Waals surface area contributed by atoms with Crippen LogP contribution in [-0.2, 0) is 41.6 Å². The summed E-state index contributed by atoms with van der Waals surface area (Å²) >= 11 is 6.57. The first kappa shape index (κ1) is 47.7. The lowest BCUT2D eigenvalue weighted by molar-refractivity contribution is -0.164. The third-order valence-electron chi connectivity index (χ3n) is 13.9. The highest BCUT2D eigenvalue weighted by Gasteiger charge is 2.54.